The van der Waals surface area contributed by atoms with E-state index >= 15 is 0 Å². The van der Waals surface area contributed by atoms with E-state index in [-0.39, 0.29) is 11.2 Å². The minimum atomic E-state index is -0.145. The van der Waals surface area contributed by atoms with Gasteiger partial charge in [0, 0.05) is 17.0 Å². The van der Waals surface area contributed by atoms with Crippen LogP contribution in [-0.2, 0) is 11.8 Å². The smallest absolute Gasteiger partial charge is 0.123 e. The predicted molar refractivity (Wildman–Crippen MR) is 88.5 cm³/mol. The second kappa shape index (κ2) is 4.60. The molecule has 3 aromatic rings. The van der Waals surface area contributed by atoms with Crippen molar-refractivity contribution in [3.63, 3.8) is 0 Å². The number of aromatic nitrogens is 1. The fourth-order valence-electron chi connectivity index (χ4n) is 4.13. The number of rotatable bonds is 2. The summed E-state index contributed by atoms with van der Waals surface area (Å²) in [5, 5.41) is 1.18. The number of halogens is 1. The SMILES string of the molecule is CCC1(c2c[nH]c3c(N)cccc23)CCc2cc(F)ccc21. The number of aromatic amines is 1. The highest BCUT2D eigenvalue weighted by Crippen LogP contribution is 2.49. The van der Waals surface area contributed by atoms with Gasteiger partial charge in [0.2, 0.25) is 0 Å². The topological polar surface area (TPSA) is 41.8 Å². The van der Waals surface area contributed by atoms with Crippen LogP contribution in [0.25, 0.3) is 10.9 Å². The van der Waals surface area contributed by atoms with Crippen molar-refractivity contribution >= 4 is 16.6 Å². The Labute approximate surface area is 129 Å². The lowest BCUT2D eigenvalue weighted by molar-refractivity contribution is 0.496. The first kappa shape index (κ1) is 13.4. The normalized spacial score (nSPS) is 20.5. The summed E-state index contributed by atoms with van der Waals surface area (Å²) in [5.74, 6) is -0.145. The first-order chi connectivity index (χ1) is 10.7. The van der Waals surface area contributed by atoms with Gasteiger partial charge in [-0.2, -0.15) is 0 Å². The van der Waals surface area contributed by atoms with Crippen molar-refractivity contribution in [2.45, 2.75) is 31.6 Å². The van der Waals surface area contributed by atoms with E-state index in [0.29, 0.717) is 0 Å². The van der Waals surface area contributed by atoms with Crippen LogP contribution in [0, 0.1) is 5.82 Å². The molecular formula is C19H19FN2. The van der Waals surface area contributed by atoms with Crippen LogP contribution in [0.4, 0.5) is 10.1 Å². The van der Waals surface area contributed by atoms with Crippen LogP contribution in [0.15, 0.2) is 42.6 Å². The molecule has 2 aromatic carbocycles. The maximum atomic E-state index is 13.5. The molecule has 0 saturated carbocycles. The van der Waals surface area contributed by atoms with Gasteiger partial charge in [0.05, 0.1) is 11.2 Å². The number of para-hydroxylation sites is 1. The van der Waals surface area contributed by atoms with Gasteiger partial charge in [-0.25, -0.2) is 4.39 Å². The molecule has 0 radical (unpaired) electrons. The minimum absolute atomic E-state index is 0.0466. The molecular weight excluding hydrogens is 275 g/mol. The van der Waals surface area contributed by atoms with Crippen LogP contribution in [0.5, 0.6) is 0 Å². The van der Waals surface area contributed by atoms with E-state index in [2.05, 4.69) is 24.2 Å². The molecule has 0 saturated heterocycles. The number of fused-ring (bicyclic) bond motifs is 2. The number of nitrogens with two attached hydrogens (primary N) is 1. The van der Waals surface area contributed by atoms with Crippen molar-refractivity contribution in [3.05, 3.63) is 65.1 Å². The molecule has 112 valence electrons. The quantitative estimate of drug-likeness (QED) is 0.670. The summed E-state index contributed by atoms with van der Waals surface area (Å²) >= 11 is 0. The van der Waals surface area contributed by atoms with Crippen LogP contribution < -0.4 is 5.73 Å². The molecule has 1 heterocycles. The number of hydrogen-bond acceptors (Lipinski definition) is 1. The standard InChI is InChI=1S/C19H19FN2/c1-2-19(9-8-12-10-13(20)6-7-15(12)19)16-11-22-18-14(16)4-3-5-17(18)21/h3-7,10-11,22H,2,8-9,21H2,1H3. The van der Waals surface area contributed by atoms with E-state index in [1.54, 1.807) is 12.1 Å². The highest BCUT2D eigenvalue weighted by molar-refractivity contribution is 5.93. The Kier molecular flexibility index (Phi) is 2.80. The van der Waals surface area contributed by atoms with Gasteiger partial charge in [-0.15, -0.1) is 0 Å². The number of aryl methyl sites for hydroxylation is 1. The minimum Gasteiger partial charge on any atom is -0.397 e. The van der Waals surface area contributed by atoms with Crippen molar-refractivity contribution in [1.82, 2.24) is 4.98 Å². The van der Waals surface area contributed by atoms with E-state index in [0.717, 1.165) is 36.0 Å². The van der Waals surface area contributed by atoms with E-state index in [1.165, 1.54) is 16.5 Å². The number of benzene rings is 2. The highest BCUT2D eigenvalue weighted by atomic mass is 19.1. The molecule has 1 aromatic heterocycles. The molecule has 1 aliphatic carbocycles. The summed E-state index contributed by atoms with van der Waals surface area (Å²) in [6.07, 6.45) is 5.02. The van der Waals surface area contributed by atoms with Crippen LogP contribution in [0.1, 0.15) is 36.5 Å². The number of anilines is 1. The second-order valence-corrected chi connectivity index (χ2v) is 6.21. The Bertz CT molecular complexity index is 865. The van der Waals surface area contributed by atoms with E-state index in [1.807, 2.05) is 18.2 Å². The van der Waals surface area contributed by atoms with Gasteiger partial charge in [0.1, 0.15) is 5.82 Å². The Morgan fingerprint density at radius 2 is 2.09 bits per heavy atom. The predicted octanol–water partition coefficient (Wildman–Crippen LogP) is 4.53. The second-order valence-electron chi connectivity index (χ2n) is 6.21. The molecule has 0 bridgehead atoms. The summed E-state index contributed by atoms with van der Waals surface area (Å²) in [4.78, 5) is 3.34. The number of nitrogen functional groups attached to an aromatic ring is 1. The molecule has 0 fully saturated rings. The lowest BCUT2D eigenvalue weighted by atomic mass is 9.73. The first-order valence-electron chi connectivity index (χ1n) is 7.80. The van der Waals surface area contributed by atoms with Crippen molar-refractivity contribution < 1.29 is 4.39 Å². The van der Waals surface area contributed by atoms with Gasteiger partial charge in [0.25, 0.3) is 0 Å². The summed E-state index contributed by atoms with van der Waals surface area (Å²) in [7, 11) is 0. The Morgan fingerprint density at radius 3 is 2.91 bits per heavy atom. The number of H-pyrrole nitrogens is 1. The van der Waals surface area contributed by atoms with Gasteiger partial charge in [-0.05, 0) is 54.2 Å². The Balaban J connectivity index is 1.99. The summed E-state index contributed by atoms with van der Waals surface area (Å²) in [6, 6.07) is 11.3. The maximum Gasteiger partial charge on any atom is 0.123 e. The van der Waals surface area contributed by atoms with Crippen molar-refractivity contribution in [3.8, 4) is 0 Å². The molecule has 1 aliphatic rings. The average molecular weight is 294 g/mol. The van der Waals surface area contributed by atoms with E-state index in [4.69, 9.17) is 5.73 Å². The van der Waals surface area contributed by atoms with Gasteiger partial charge < -0.3 is 10.7 Å². The third-order valence-electron chi connectivity index (χ3n) is 5.27. The fraction of sp³-hybridized carbons (Fsp3) is 0.263. The third-order valence-corrected chi connectivity index (χ3v) is 5.27. The Morgan fingerprint density at radius 1 is 1.23 bits per heavy atom. The first-order valence-corrected chi connectivity index (χ1v) is 7.80. The average Bonchev–Trinajstić information content (AvgIpc) is 3.10. The van der Waals surface area contributed by atoms with E-state index in [9.17, 15) is 4.39 Å². The van der Waals surface area contributed by atoms with E-state index < -0.39 is 0 Å². The van der Waals surface area contributed by atoms with Crippen LogP contribution in [0.3, 0.4) is 0 Å². The van der Waals surface area contributed by atoms with Gasteiger partial charge in [0.15, 0.2) is 0 Å². The molecule has 3 heteroatoms. The van der Waals surface area contributed by atoms with Crippen molar-refractivity contribution in [1.29, 1.82) is 0 Å². The molecule has 3 N–H and O–H groups in total. The molecule has 0 aliphatic heterocycles. The lowest BCUT2D eigenvalue weighted by Gasteiger charge is -2.29. The summed E-state index contributed by atoms with van der Waals surface area (Å²) in [5.41, 5.74) is 11.5. The molecule has 2 nitrogen and oxygen atoms in total. The van der Waals surface area contributed by atoms with Crippen LogP contribution in [0.2, 0.25) is 0 Å². The zero-order valence-electron chi connectivity index (χ0n) is 12.6. The number of nitrogens with one attached hydrogen (secondary N) is 1. The van der Waals surface area contributed by atoms with Crippen LogP contribution in [-0.4, -0.2) is 4.98 Å². The zero-order chi connectivity index (χ0) is 15.3. The monoisotopic (exact) mass is 294 g/mol. The number of hydrogen-bond donors (Lipinski definition) is 2. The van der Waals surface area contributed by atoms with Gasteiger partial charge in [-0.1, -0.05) is 25.1 Å². The molecule has 22 heavy (non-hydrogen) atoms. The van der Waals surface area contributed by atoms with Gasteiger partial charge in [-0.3, -0.25) is 0 Å². The van der Waals surface area contributed by atoms with Gasteiger partial charge >= 0.3 is 0 Å². The maximum absolute atomic E-state index is 13.5. The lowest BCUT2D eigenvalue weighted by Crippen LogP contribution is -2.23. The highest BCUT2D eigenvalue weighted by Gasteiger charge is 2.40. The molecule has 4 rings (SSSR count). The summed E-state index contributed by atoms with van der Waals surface area (Å²) in [6.45, 7) is 2.21. The fourth-order valence-corrected chi connectivity index (χ4v) is 4.13. The summed E-state index contributed by atoms with van der Waals surface area (Å²) < 4.78 is 13.5. The van der Waals surface area contributed by atoms with Crippen molar-refractivity contribution in [2.24, 2.45) is 0 Å². The van der Waals surface area contributed by atoms with Crippen LogP contribution >= 0.6 is 0 Å². The molecule has 0 amide bonds. The molecule has 0 spiro atoms. The molecule has 1 unspecified atom stereocenters. The largest absolute Gasteiger partial charge is 0.397 e. The Hall–Kier alpha value is -2.29. The third kappa shape index (κ3) is 1.65. The molecule has 1 atom stereocenters. The zero-order valence-corrected chi connectivity index (χ0v) is 12.6. The van der Waals surface area contributed by atoms with Crippen molar-refractivity contribution in [2.75, 3.05) is 5.73 Å².